The van der Waals surface area contributed by atoms with Crippen LogP contribution in [0.4, 0.5) is 0 Å². The highest BCUT2D eigenvalue weighted by Gasteiger charge is 2.31. The average molecular weight is 295 g/mol. The maximum Gasteiger partial charge on any atom is 0.330 e. The van der Waals surface area contributed by atoms with E-state index in [0.717, 1.165) is 0 Å². The summed E-state index contributed by atoms with van der Waals surface area (Å²) in [5, 5.41) is 2.62. The number of nitrogens with one attached hydrogen (secondary N) is 1. The van der Waals surface area contributed by atoms with Crippen LogP contribution < -0.4 is 14.8 Å². The number of benzene rings is 1. The Bertz CT molecular complexity index is 525. The van der Waals surface area contributed by atoms with Crippen LogP contribution in [0.15, 0.2) is 18.2 Å². The lowest BCUT2D eigenvalue weighted by atomic mass is 10.0. The van der Waals surface area contributed by atoms with Crippen molar-refractivity contribution in [1.82, 2.24) is 5.32 Å². The Balaban J connectivity index is 2.95. The first-order chi connectivity index (χ1) is 9.85. The van der Waals surface area contributed by atoms with Crippen molar-refractivity contribution in [2.24, 2.45) is 0 Å². The first kappa shape index (κ1) is 16.8. The zero-order valence-electron chi connectivity index (χ0n) is 13.0. The predicted octanol–water partition coefficient (Wildman–Crippen LogP) is 1.78. The summed E-state index contributed by atoms with van der Waals surface area (Å²) in [6.07, 6.45) is 0. The van der Waals surface area contributed by atoms with E-state index in [2.05, 4.69) is 10.1 Å². The van der Waals surface area contributed by atoms with E-state index in [1.54, 1.807) is 32.0 Å². The van der Waals surface area contributed by atoms with Gasteiger partial charge in [-0.2, -0.15) is 0 Å². The molecular weight excluding hydrogens is 274 g/mol. The topological polar surface area (TPSA) is 73.9 Å². The quantitative estimate of drug-likeness (QED) is 0.810. The highest BCUT2D eigenvalue weighted by molar-refractivity contribution is 5.98. The second-order valence-corrected chi connectivity index (χ2v) is 4.87. The Morgan fingerprint density at radius 2 is 1.86 bits per heavy atom. The number of amides is 1. The van der Waals surface area contributed by atoms with Gasteiger partial charge in [-0.1, -0.05) is 0 Å². The monoisotopic (exact) mass is 295 g/mol. The summed E-state index contributed by atoms with van der Waals surface area (Å²) in [7, 11) is 2.77. The Morgan fingerprint density at radius 1 is 1.19 bits per heavy atom. The largest absolute Gasteiger partial charge is 0.493 e. The molecule has 21 heavy (non-hydrogen) atoms. The highest BCUT2D eigenvalue weighted by Crippen LogP contribution is 2.28. The second-order valence-electron chi connectivity index (χ2n) is 4.87. The number of esters is 1. The molecule has 0 fully saturated rings. The van der Waals surface area contributed by atoms with Gasteiger partial charge in [-0.3, -0.25) is 4.79 Å². The molecule has 1 amide bonds. The van der Waals surface area contributed by atoms with Gasteiger partial charge in [-0.05, 0) is 39.0 Å². The van der Waals surface area contributed by atoms with Crippen molar-refractivity contribution in [2.45, 2.75) is 26.3 Å². The van der Waals surface area contributed by atoms with Crippen molar-refractivity contribution in [3.05, 3.63) is 23.8 Å². The smallest absolute Gasteiger partial charge is 0.330 e. The molecule has 1 aromatic rings. The van der Waals surface area contributed by atoms with E-state index in [1.165, 1.54) is 14.2 Å². The van der Waals surface area contributed by atoms with Crippen LogP contribution in [0.3, 0.4) is 0 Å². The number of carbonyl (C=O) groups is 2. The van der Waals surface area contributed by atoms with Crippen molar-refractivity contribution in [1.29, 1.82) is 0 Å². The summed E-state index contributed by atoms with van der Waals surface area (Å²) in [6, 6.07) is 4.83. The van der Waals surface area contributed by atoms with Gasteiger partial charge in [0.2, 0.25) is 0 Å². The fourth-order valence-corrected chi connectivity index (χ4v) is 1.75. The van der Waals surface area contributed by atoms with E-state index < -0.39 is 17.4 Å². The molecule has 0 unspecified atom stereocenters. The molecule has 1 N–H and O–H groups in total. The molecule has 0 radical (unpaired) electrons. The average Bonchev–Trinajstić information content (AvgIpc) is 2.46. The van der Waals surface area contributed by atoms with Gasteiger partial charge in [0.05, 0.1) is 20.8 Å². The molecule has 1 aromatic carbocycles. The predicted molar refractivity (Wildman–Crippen MR) is 77.7 cm³/mol. The molecule has 0 saturated carbocycles. The SMILES string of the molecule is CCOc1ccc(C(=O)NC(C)(C)C(=O)OC)cc1OC. The summed E-state index contributed by atoms with van der Waals surface area (Å²) in [5.74, 6) is 0.102. The van der Waals surface area contributed by atoms with Crippen molar-refractivity contribution in [3.8, 4) is 11.5 Å². The molecule has 116 valence electrons. The molecule has 0 aliphatic rings. The Kier molecular flexibility index (Phi) is 5.58. The van der Waals surface area contributed by atoms with Crippen LogP contribution in [0.1, 0.15) is 31.1 Å². The fourth-order valence-electron chi connectivity index (χ4n) is 1.75. The van der Waals surface area contributed by atoms with Crippen molar-refractivity contribution < 1.29 is 23.8 Å². The van der Waals surface area contributed by atoms with Crippen molar-refractivity contribution >= 4 is 11.9 Å². The van der Waals surface area contributed by atoms with Crippen molar-refractivity contribution in [2.75, 3.05) is 20.8 Å². The van der Waals surface area contributed by atoms with Gasteiger partial charge in [-0.25, -0.2) is 4.79 Å². The molecule has 0 bridgehead atoms. The summed E-state index contributed by atoms with van der Waals surface area (Å²) < 4.78 is 15.2. The van der Waals surface area contributed by atoms with Crippen LogP contribution in [0, 0.1) is 0 Å². The lowest BCUT2D eigenvalue weighted by Gasteiger charge is -2.23. The molecule has 6 heteroatoms. The van der Waals surface area contributed by atoms with Crippen molar-refractivity contribution in [3.63, 3.8) is 0 Å². The third-order valence-electron chi connectivity index (χ3n) is 2.85. The standard InChI is InChI=1S/C15H21NO5/c1-6-21-11-8-7-10(9-12(11)19-4)13(17)16-15(2,3)14(18)20-5/h7-9H,6H2,1-5H3,(H,16,17). The maximum absolute atomic E-state index is 12.2. The molecule has 0 heterocycles. The third-order valence-corrected chi connectivity index (χ3v) is 2.85. The van der Waals surface area contributed by atoms with E-state index in [9.17, 15) is 9.59 Å². The maximum atomic E-state index is 12.2. The summed E-state index contributed by atoms with van der Waals surface area (Å²) in [6.45, 7) is 5.50. The molecular formula is C15H21NO5. The van der Waals surface area contributed by atoms with Gasteiger partial charge >= 0.3 is 5.97 Å². The molecule has 0 spiro atoms. The van der Waals surface area contributed by atoms with Crippen LogP contribution in [0.25, 0.3) is 0 Å². The Labute approximate surface area is 124 Å². The molecule has 1 rings (SSSR count). The number of ether oxygens (including phenoxy) is 3. The Morgan fingerprint density at radius 3 is 2.38 bits per heavy atom. The molecule has 0 atom stereocenters. The number of carbonyl (C=O) groups excluding carboxylic acids is 2. The van der Waals surface area contributed by atoms with Crippen LogP contribution in [-0.2, 0) is 9.53 Å². The number of rotatable bonds is 6. The highest BCUT2D eigenvalue weighted by atomic mass is 16.5. The zero-order valence-corrected chi connectivity index (χ0v) is 13.0. The van der Waals surface area contributed by atoms with E-state index >= 15 is 0 Å². The fraction of sp³-hybridized carbons (Fsp3) is 0.467. The normalized spacial score (nSPS) is 10.7. The summed E-state index contributed by atoms with van der Waals surface area (Å²) in [5.41, 5.74) is -0.746. The number of hydrogen-bond acceptors (Lipinski definition) is 5. The van der Waals surface area contributed by atoms with Crippen LogP contribution in [0.5, 0.6) is 11.5 Å². The minimum atomic E-state index is -1.11. The molecule has 0 aliphatic heterocycles. The van der Waals surface area contributed by atoms with E-state index in [0.29, 0.717) is 23.7 Å². The third kappa shape index (κ3) is 4.11. The Hall–Kier alpha value is -2.24. The summed E-state index contributed by atoms with van der Waals surface area (Å²) in [4.78, 5) is 23.8. The number of hydrogen-bond donors (Lipinski definition) is 1. The molecule has 6 nitrogen and oxygen atoms in total. The number of methoxy groups -OCH3 is 2. The van der Waals surface area contributed by atoms with Crippen LogP contribution >= 0.6 is 0 Å². The van der Waals surface area contributed by atoms with Gasteiger partial charge in [0.25, 0.3) is 5.91 Å². The van der Waals surface area contributed by atoms with Gasteiger partial charge < -0.3 is 19.5 Å². The van der Waals surface area contributed by atoms with Crippen LogP contribution in [-0.4, -0.2) is 38.2 Å². The summed E-state index contributed by atoms with van der Waals surface area (Å²) >= 11 is 0. The lowest BCUT2D eigenvalue weighted by molar-refractivity contribution is -0.146. The van der Waals surface area contributed by atoms with E-state index in [1.807, 2.05) is 6.92 Å². The van der Waals surface area contributed by atoms with Crippen LogP contribution in [0.2, 0.25) is 0 Å². The van der Waals surface area contributed by atoms with Gasteiger partial charge in [0.1, 0.15) is 5.54 Å². The van der Waals surface area contributed by atoms with Gasteiger partial charge in [0, 0.05) is 5.56 Å². The first-order valence-electron chi connectivity index (χ1n) is 6.57. The van der Waals surface area contributed by atoms with Gasteiger partial charge in [0.15, 0.2) is 11.5 Å². The van der Waals surface area contributed by atoms with E-state index in [4.69, 9.17) is 9.47 Å². The lowest BCUT2D eigenvalue weighted by Crippen LogP contribution is -2.50. The minimum Gasteiger partial charge on any atom is -0.493 e. The minimum absolute atomic E-state index is 0.368. The van der Waals surface area contributed by atoms with Gasteiger partial charge in [-0.15, -0.1) is 0 Å². The second kappa shape index (κ2) is 6.97. The molecule has 0 saturated heterocycles. The zero-order chi connectivity index (χ0) is 16.0. The first-order valence-corrected chi connectivity index (χ1v) is 6.57. The van der Waals surface area contributed by atoms with E-state index in [-0.39, 0.29) is 0 Å². The molecule has 0 aromatic heterocycles. The molecule has 0 aliphatic carbocycles.